The number of methoxy groups -OCH3 is 2. The fourth-order valence-electron chi connectivity index (χ4n) is 3.17. The summed E-state index contributed by atoms with van der Waals surface area (Å²) in [6.45, 7) is 3.36. The molecule has 1 fully saturated rings. The van der Waals surface area contributed by atoms with E-state index >= 15 is 0 Å². The van der Waals surface area contributed by atoms with Crippen LogP contribution < -0.4 is 20.1 Å². The van der Waals surface area contributed by atoms with Crippen molar-refractivity contribution < 1.29 is 19.0 Å². The number of carbonyl (C=O) groups excluding carboxylic acids is 1. The maximum Gasteiger partial charge on any atom is 0.258 e. The van der Waals surface area contributed by atoms with Gasteiger partial charge in [0.2, 0.25) is 5.96 Å². The number of guanidine groups is 1. The highest BCUT2D eigenvalue weighted by atomic mass is 16.5. The van der Waals surface area contributed by atoms with Gasteiger partial charge >= 0.3 is 0 Å². The monoisotopic (exact) mass is 411 g/mol. The number of hydrogen-bond acceptors (Lipinski definition) is 5. The third-order valence-corrected chi connectivity index (χ3v) is 4.95. The van der Waals surface area contributed by atoms with E-state index in [2.05, 4.69) is 34.7 Å². The molecule has 1 amide bonds. The van der Waals surface area contributed by atoms with Crippen molar-refractivity contribution in [3.05, 3.63) is 53.6 Å². The highest BCUT2D eigenvalue weighted by Crippen LogP contribution is 2.22. The SMILES string of the molecule is CCc1ccc(NC(=NC[C@H]2CCCO2)NC(=O)c2cc(OC)cc(OC)c2)cc1. The number of carbonyl (C=O) groups is 1. The van der Waals surface area contributed by atoms with Crippen molar-refractivity contribution in [2.75, 3.05) is 32.7 Å². The Morgan fingerprint density at radius 1 is 1.13 bits per heavy atom. The largest absolute Gasteiger partial charge is 0.497 e. The lowest BCUT2D eigenvalue weighted by Crippen LogP contribution is -2.36. The summed E-state index contributed by atoms with van der Waals surface area (Å²) in [4.78, 5) is 17.5. The standard InChI is InChI=1S/C23H29N3O4/c1-4-16-7-9-18(10-8-16)25-23(24-15-19-6-5-11-30-19)26-22(27)17-12-20(28-2)14-21(13-17)29-3/h7-10,12-14,19H,4-6,11,15H2,1-3H3,(H2,24,25,26,27)/t19-/m1/s1. The predicted octanol–water partition coefficient (Wildman–Crippen LogP) is 3.64. The summed E-state index contributed by atoms with van der Waals surface area (Å²) in [5.41, 5.74) is 2.51. The highest BCUT2D eigenvalue weighted by Gasteiger charge is 2.17. The average molecular weight is 412 g/mol. The minimum absolute atomic E-state index is 0.0816. The van der Waals surface area contributed by atoms with Crippen LogP contribution in [-0.4, -0.2) is 45.3 Å². The maximum absolute atomic E-state index is 12.9. The topological polar surface area (TPSA) is 81.2 Å². The van der Waals surface area contributed by atoms with Crippen molar-refractivity contribution in [3.8, 4) is 11.5 Å². The lowest BCUT2D eigenvalue weighted by Gasteiger charge is -2.14. The van der Waals surface area contributed by atoms with Gasteiger partial charge in [0.05, 0.1) is 26.9 Å². The normalized spacial score (nSPS) is 16.2. The van der Waals surface area contributed by atoms with Gasteiger partial charge < -0.3 is 19.5 Å². The third kappa shape index (κ3) is 5.97. The van der Waals surface area contributed by atoms with E-state index in [4.69, 9.17) is 14.2 Å². The van der Waals surface area contributed by atoms with Gasteiger partial charge in [0.25, 0.3) is 5.91 Å². The van der Waals surface area contributed by atoms with E-state index in [0.29, 0.717) is 29.6 Å². The molecular weight excluding hydrogens is 382 g/mol. The number of aliphatic imine (C=N–C) groups is 1. The smallest absolute Gasteiger partial charge is 0.258 e. The molecule has 0 spiro atoms. The molecule has 1 aliphatic rings. The zero-order valence-electron chi connectivity index (χ0n) is 17.7. The molecular formula is C23H29N3O4. The van der Waals surface area contributed by atoms with E-state index in [-0.39, 0.29) is 12.0 Å². The van der Waals surface area contributed by atoms with Gasteiger partial charge in [-0.15, -0.1) is 0 Å². The highest BCUT2D eigenvalue weighted by molar-refractivity contribution is 6.10. The van der Waals surface area contributed by atoms with E-state index in [0.717, 1.165) is 31.6 Å². The number of nitrogens with one attached hydrogen (secondary N) is 2. The molecule has 3 rings (SSSR count). The second-order valence-corrected chi connectivity index (χ2v) is 7.06. The van der Waals surface area contributed by atoms with Crippen LogP contribution in [0.3, 0.4) is 0 Å². The summed E-state index contributed by atoms with van der Waals surface area (Å²) < 4.78 is 16.2. The minimum Gasteiger partial charge on any atom is -0.497 e. The Balaban J connectivity index is 1.78. The lowest BCUT2D eigenvalue weighted by molar-refractivity contribution is 0.0975. The van der Waals surface area contributed by atoms with Crippen molar-refractivity contribution >= 4 is 17.6 Å². The first kappa shape index (κ1) is 21.6. The molecule has 0 saturated carbocycles. The Kier molecular flexibility index (Phi) is 7.68. The molecule has 2 aromatic rings. The van der Waals surface area contributed by atoms with E-state index in [1.54, 1.807) is 32.4 Å². The first-order valence-corrected chi connectivity index (χ1v) is 10.2. The van der Waals surface area contributed by atoms with Gasteiger partial charge in [-0.3, -0.25) is 10.1 Å². The molecule has 1 saturated heterocycles. The molecule has 0 bridgehead atoms. The Labute approximate surface area is 177 Å². The molecule has 0 aromatic heterocycles. The van der Waals surface area contributed by atoms with Crippen LogP contribution in [0, 0.1) is 0 Å². The van der Waals surface area contributed by atoms with E-state index in [1.807, 2.05) is 12.1 Å². The summed E-state index contributed by atoms with van der Waals surface area (Å²) >= 11 is 0. The van der Waals surface area contributed by atoms with Crippen LogP contribution in [0.15, 0.2) is 47.5 Å². The van der Waals surface area contributed by atoms with Crippen LogP contribution >= 0.6 is 0 Å². The second-order valence-electron chi connectivity index (χ2n) is 7.06. The predicted molar refractivity (Wildman–Crippen MR) is 118 cm³/mol. The minimum atomic E-state index is -0.309. The number of amides is 1. The van der Waals surface area contributed by atoms with Gasteiger partial charge in [-0.25, -0.2) is 4.99 Å². The van der Waals surface area contributed by atoms with Crippen LogP contribution in [0.1, 0.15) is 35.7 Å². The van der Waals surface area contributed by atoms with Crippen molar-refractivity contribution in [2.24, 2.45) is 4.99 Å². The summed E-state index contributed by atoms with van der Waals surface area (Å²) in [5.74, 6) is 1.15. The lowest BCUT2D eigenvalue weighted by atomic mass is 10.1. The third-order valence-electron chi connectivity index (χ3n) is 4.95. The van der Waals surface area contributed by atoms with Crippen LogP contribution in [-0.2, 0) is 11.2 Å². The number of aryl methyl sites for hydroxylation is 1. The van der Waals surface area contributed by atoms with Crippen LogP contribution in [0.4, 0.5) is 5.69 Å². The van der Waals surface area contributed by atoms with E-state index in [9.17, 15) is 4.79 Å². The van der Waals surface area contributed by atoms with E-state index in [1.165, 1.54) is 5.56 Å². The fourth-order valence-corrected chi connectivity index (χ4v) is 3.17. The van der Waals surface area contributed by atoms with Crippen molar-refractivity contribution in [1.29, 1.82) is 0 Å². The molecule has 2 N–H and O–H groups in total. The van der Waals surface area contributed by atoms with Gasteiger partial charge in [0.15, 0.2) is 0 Å². The molecule has 0 aliphatic carbocycles. The molecule has 0 radical (unpaired) electrons. The van der Waals surface area contributed by atoms with Crippen molar-refractivity contribution in [3.63, 3.8) is 0 Å². The summed E-state index contributed by atoms with van der Waals surface area (Å²) in [6.07, 6.45) is 3.06. The zero-order valence-corrected chi connectivity index (χ0v) is 17.7. The van der Waals surface area contributed by atoms with Crippen molar-refractivity contribution in [2.45, 2.75) is 32.3 Å². The van der Waals surface area contributed by atoms with Gasteiger partial charge in [-0.2, -0.15) is 0 Å². The molecule has 30 heavy (non-hydrogen) atoms. The number of benzene rings is 2. The molecule has 1 aliphatic heterocycles. The first-order chi connectivity index (χ1) is 14.6. The van der Waals surface area contributed by atoms with Gasteiger partial charge in [-0.1, -0.05) is 19.1 Å². The summed E-state index contributed by atoms with van der Waals surface area (Å²) in [7, 11) is 3.10. The van der Waals surface area contributed by atoms with Crippen LogP contribution in [0.5, 0.6) is 11.5 Å². The van der Waals surface area contributed by atoms with Crippen LogP contribution in [0.2, 0.25) is 0 Å². The Morgan fingerprint density at radius 2 is 1.83 bits per heavy atom. The average Bonchev–Trinajstić information content (AvgIpc) is 3.31. The molecule has 160 valence electrons. The number of hydrogen-bond donors (Lipinski definition) is 2. The van der Waals surface area contributed by atoms with Crippen molar-refractivity contribution in [1.82, 2.24) is 5.32 Å². The fraction of sp³-hybridized carbons (Fsp3) is 0.391. The second kappa shape index (κ2) is 10.6. The molecule has 2 aromatic carbocycles. The first-order valence-electron chi connectivity index (χ1n) is 10.2. The molecule has 1 heterocycles. The molecule has 0 unspecified atom stereocenters. The number of rotatable bonds is 7. The zero-order chi connectivity index (χ0) is 21.3. The summed E-state index contributed by atoms with van der Waals surface area (Å²) in [5, 5.41) is 6.08. The van der Waals surface area contributed by atoms with Crippen LogP contribution in [0.25, 0.3) is 0 Å². The Hall–Kier alpha value is -3.06. The quantitative estimate of drug-likeness (QED) is 0.537. The number of anilines is 1. The molecule has 1 atom stereocenters. The van der Waals surface area contributed by atoms with Gasteiger partial charge in [0.1, 0.15) is 11.5 Å². The van der Waals surface area contributed by atoms with E-state index < -0.39 is 0 Å². The Bertz CT molecular complexity index is 852. The Morgan fingerprint density at radius 3 is 2.40 bits per heavy atom. The molecule has 7 heteroatoms. The van der Waals surface area contributed by atoms with Gasteiger partial charge in [0, 0.05) is 23.9 Å². The maximum atomic E-state index is 12.9. The number of nitrogens with zero attached hydrogens (tertiary/aromatic N) is 1. The molecule has 7 nitrogen and oxygen atoms in total. The number of ether oxygens (including phenoxy) is 3. The summed E-state index contributed by atoms with van der Waals surface area (Å²) in [6, 6.07) is 13.1. The van der Waals surface area contributed by atoms with Gasteiger partial charge in [-0.05, 0) is 49.1 Å².